The number of aromatic nitrogens is 1. The molecule has 4 aromatic rings. The van der Waals surface area contributed by atoms with Crippen LogP contribution in [0, 0.1) is 5.82 Å². The van der Waals surface area contributed by atoms with E-state index in [0.29, 0.717) is 11.7 Å². The van der Waals surface area contributed by atoms with Crippen LogP contribution in [0.4, 0.5) is 15.8 Å². The molecule has 0 bridgehead atoms. The van der Waals surface area contributed by atoms with Crippen molar-refractivity contribution in [3.05, 3.63) is 94.6 Å². The molecule has 6 nitrogen and oxygen atoms in total. The van der Waals surface area contributed by atoms with Gasteiger partial charge in [-0.05, 0) is 72.0 Å². The zero-order valence-corrected chi connectivity index (χ0v) is 18.2. The number of anilines is 1. The minimum absolute atomic E-state index is 0.221. The average molecular weight is 441 g/mol. The Morgan fingerprint density at radius 2 is 1.88 bits per heavy atom. The highest BCUT2D eigenvalue weighted by Gasteiger charge is 2.19. The molecule has 7 heteroatoms. The maximum Gasteiger partial charge on any atom is 0.123 e. The van der Waals surface area contributed by atoms with Gasteiger partial charge in [0.05, 0.1) is 0 Å². The third kappa shape index (κ3) is 4.85. The van der Waals surface area contributed by atoms with Crippen LogP contribution in [-0.2, 0) is 6.54 Å². The second-order valence-corrected chi connectivity index (χ2v) is 8.47. The standard InChI is InChI=1S/C26H25FN6/c27-21-7-8-25-20(14-21)16-26(30-25)19-4-2-6-24(15-19)33-11-9-22(10-12-33)29-17-18-3-1-5-23(13-18)31-32-28/h1-8,13-16,22,29-30H,9-12,17H2. The van der Waals surface area contributed by atoms with E-state index in [4.69, 9.17) is 5.53 Å². The van der Waals surface area contributed by atoms with Gasteiger partial charge in [-0.2, -0.15) is 0 Å². The second kappa shape index (κ2) is 9.36. The zero-order chi connectivity index (χ0) is 22.6. The molecule has 0 atom stereocenters. The van der Waals surface area contributed by atoms with Crippen LogP contribution in [0.25, 0.3) is 32.6 Å². The largest absolute Gasteiger partial charge is 0.371 e. The molecule has 1 fully saturated rings. The summed E-state index contributed by atoms with van der Waals surface area (Å²) in [4.78, 5) is 8.68. The van der Waals surface area contributed by atoms with Gasteiger partial charge >= 0.3 is 0 Å². The van der Waals surface area contributed by atoms with E-state index >= 15 is 0 Å². The molecule has 1 aliphatic rings. The molecule has 0 saturated carbocycles. The van der Waals surface area contributed by atoms with Crippen LogP contribution in [0.1, 0.15) is 18.4 Å². The molecule has 5 rings (SSSR count). The van der Waals surface area contributed by atoms with Crippen molar-refractivity contribution in [1.82, 2.24) is 10.3 Å². The highest BCUT2D eigenvalue weighted by atomic mass is 19.1. The SMILES string of the molecule is [N-]=[N+]=Nc1cccc(CNC2CCN(c3cccc(-c4cc5cc(F)ccc5[nH]4)c3)CC2)c1. The second-order valence-electron chi connectivity index (χ2n) is 8.47. The van der Waals surface area contributed by atoms with E-state index in [0.717, 1.165) is 60.2 Å². The van der Waals surface area contributed by atoms with Gasteiger partial charge in [0.15, 0.2) is 0 Å². The van der Waals surface area contributed by atoms with Gasteiger partial charge in [-0.1, -0.05) is 35.4 Å². The topological polar surface area (TPSA) is 79.8 Å². The van der Waals surface area contributed by atoms with Gasteiger partial charge in [0.1, 0.15) is 5.82 Å². The molecule has 3 aromatic carbocycles. The monoisotopic (exact) mass is 440 g/mol. The molecule has 0 aliphatic carbocycles. The summed E-state index contributed by atoms with van der Waals surface area (Å²) in [6.07, 6.45) is 2.12. The summed E-state index contributed by atoms with van der Waals surface area (Å²) in [6.45, 7) is 2.73. The van der Waals surface area contributed by atoms with Crippen molar-refractivity contribution in [2.45, 2.75) is 25.4 Å². The van der Waals surface area contributed by atoms with E-state index in [1.165, 1.54) is 11.8 Å². The van der Waals surface area contributed by atoms with Gasteiger partial charge < -0.3 is 15.2 Å². The number of fused-ring (bicyclic) bond motifs is 1. The predicted octanol–water partition coefficient (Wildman–Crippen LogP) is 6.67. The van der Waals surface area contributed by atoms with E-state index in [2.05, 4.69) is 49.5 Å². The molecular weight excluding hydrogens is 415 g/mol. The fourth-order valence-corrected chi connectivity index (χ4v) is 4.51. The number of azide groups is 1. The van der Waals surface area contributed by atoms with Gasteiger partial charge in [0, 0.05) is 58.6 Å². The number of nitrogens with one attached hydrogen (secondary N) is 2. The van der Waals surface area contributed by atoms with Crippen molar-refractivity contribution in [3.8, 4) is 11.3 Å². The van der Waals surface area contributed by atoms with Crippen LogP contribution < -0.4 is 10.2 Å². The first-order valence-corrected chi connectivity index (χ1v) is 11.2. The Labute approximate surface area is 191 Å². The summed E-state index contributed by atoms with van der Waals surface area (Å²) in [5, 5.41) is 8.20. The molecule has 2 N–H and O–H groups in total. The molecule has 2 heterocycles. The highest BCUT2D eigenvalue weighted by Crippen LogP contribution is 2.29. The Morgan fingerprint density at radius 3 is 2.73 bits per heavy atom. The van der Waals surface area contributed by atoms with Crippen molar-refractivity contribution >= 4 is 22.3 Å². The van der Waals surface area contributed by atoms with E-state index in [1.54, 1.807) is 12.1 Å². The molecule has 0 spiro atoms. The Balaban J connectivity index is 1.21. The van der Waals surface area contributed by atoms with E-state index in [1.807, 2.05) is 30.3 Å². The van der Waals surface area contributed by atoms with Crippen molar-refractivity contribution < 1.29 is 4.39 Å². The van der Waals surface area contributed by atoms with Crippen LogP contribution in [-0.4, -0.2) is 24.1 Å². The predicted molar refractivity (Wildman–Crippen MR) is 131 cm³/mol. The lowest BCUT2D eigenvalue weighted by Crippen LogP contribution is -2.42. The van der Waals surface area contributed by atoms with Gasteiger partial charge in [-0.3, -0.25) is 0 Å². The lowest BCUT2D eigenvalue weighted by molar-refractivity contribution is 0.414. The van der Waals surface area contributed by atoms with Crippen molar-refractivity contribution in [3.63, 3.8) is 0 Å². The van der Waals surface area contributed by atoms with Gasteiger partial charge in [0.25, 0.3) is 0 Å². The first-order chi connectivity index (χ1) is 16.2. The fourth-order valence-electron chi connectivity index (χ4n) is 4.51. The number of H-pyrrole nitrogens is 1. The fraction of sp³-hybridized carbons (Fsp3) is 0.231. The lowest BCUT2D eigenvalue weighted by atomic mass is 10.0. The summed E-state index contributed by atoms with van der Waals surface area (Å²) in [6, 6.07) is 23.5. The van der Waals surface area contributed by atoms with E-state index in [9.17, 15) is 4.39 Å². The summed E-state index contributed by atoms with van der Waals surface area (Å²) in [5.74, 6) is -0.221. The molecule has 1 aliphatic heterocycles. The van der Waals surface area contributed by atoms with Crippen LogP contribution in [0.3, 0.4) is 0 Å². The zero-order valence-electron chi connectivity index (χ0n) is 18.2. The van der Waals surface area contributed by atoms with Gasteiger partial charge in [-0.25, -0.2) is 4.39 Å². The van der Waals surface area contributed by atoms with E-state index < -0.39 is 0 Å². The maximum absolute atomic E-state index is 13.5. The van der Waals surface area contributed by atoms with Gasteiger partial charge in [-0.15, -0.1) is 0 Å². The summed E-state index contributed by atoms with van der Waals surface area (Å²) in [5.41, 5.74) is 14.6. The molecular formula is C26H25FN6. The quantitative estimate of drug-likeness (QED) is 0.199. The van der Waals surface area contributed by atoms with Crippen molar-refractivity contribution in [1.29, 1.82) is 0 Å². The smallest absolute Gasteiger partial charge is 0.123 e. The first kappa shape index (κ1) is 21.1. The molecule has 0 unspecified atom stereocenters. The van der Waals surface area contributed by atoms with Crippen LogP contribution >= 0.6 is 0 Å². The molecule has 1 saturated heterocycles. The minimum atomic E-state index is -0.221. The number of aromatic amines is 1. The molecule has 166 valence electrons. The van der Waals surface area contributed by atoms with Crippen molar-refractivity contribution in [2.24, 2.45) is 5.11 Å². The minimum Gasteiger partial charge on any atom is -0.371 e. The first-order valence-electron chi connectivity index (χ1n) is 11.2. The number of benzene rings is 3. The molecule has 1 aromatic heterocycles. The normalized spacial score (nSPS) is 14.4. The Morgan fingerprint density at radius 1 is 1.03 bits per heavy atom. The number of hydrogen-bond donors (Lipinski definition) is 2. The van der Waals surface area contributed by atoms with Crippen LogP contribution in [0.15, 0.2) is 77.9 Å². The van der Waals surface area contributed by atoms with Gasteiger partial charge in [0.2, 0.25) is 0 Å². The number of halogens is 1. The lowest BCUT2D eigenvalue weighted by Gasteiger charge is -2.34. The number of piperidine rings is 1. The third-order valence-electron chi connectivity index (χ3n) is 6.27. The van der Waals surface area contributed by atoms with E-state index in [-0.39, 0.29) is 5.82 Å². The maximum atomic E-state index is 13.5. The summed E-state index contributed by atoms with van der Waals surface area (Å²) in [7, 11) is 0. The molecule has 33 heavy (non-hydrogen) atoms. The average Bonchev–Trinajstić information content (AvgIpc) is 3.27. The Bertz CT molecular complexity index is 1320. The third-order valence-corrected chi connectivity index (χ3v) is 6.27. The molecule has 0 radical (unpaired) electrons. The highest BCUT2D eigenvalue weighted by molar-refractivity contribution is 5.86. The number of nitrogens with zero attached hydrogens (tertiary/aromatic N) is 4. The Hall–Kier alpha value is -3.80. The Kier molecular flexibility index (Phi) is 5.98. The summed E-state index contributed by atoms with van der Waals surface area (Å²) >= 11 is 0. The van der Waals surface area contributed by atoms with Crippen LogP contribution in [0.2, 0.25) is 0 Å². The van der Waals surface area contributed by atoms with Crippen LogP contribution in [0.5, 0.6) is 0 Å². The molecule has 0 amide bonds. The summed E-state index contributed by atoms with van der Waals surface area (Å²) < 4.78 is 13.5. The number of rotatable bonds is 6. The number of hydrogen-bond acceptors (Lipinski definition) is 3. The van der Waals surface area contributed by atoms with Crippen molar-refractivity contribution in [2.75, 3.05) is 18.0 Å².